The maximum atomic E-state index is 13.1. The molecule has 156 valence electrons. The standard InChI is InChI=1S/C22H26O7/c1-6-7-11-9-13(24)26-18-14(11)19-16(17(25)15(18)12(23)8-10(2)3)20-21(27-19)22(4,5)29-28-20/h9-10,20-21,25H,6-8H2,1-5H3/t20-,21+/m1/s1. The van der Waals surface area contributed by atoms with Gasteiger partial charge in [0, 0.05) is 12.5 Å². The van der Waals surface area contributed by atoms with Crippen LogP contribution >= 0.6 is 0 Å². The normalized spacial score (nSPS) is 22.0. The van der Waals surface area contributed by atoms with E-state index in [0.29, 0.717) is 23.1 Å². The number of hydrogen-bond donors (Lipinski definition) is 1. The van der Waals surface area contributed by atoms with Crippen molar-refractivity contribution in [1.82, 2.24) is 0 Å². The summed E-state index contributed by atoms with van der Waals surface area (Å²) >= 11 is 0. The van der Waals surface area contributed by atoms with Gasteiger partial charge >= 0.3 is 5.63 Å². The van der Waals surface area contributed by atoms with E-state index in [4.69, 9.17) is 18.9 Å². The van der Waals surface area contributed by atoms with E-state index in [1.54, 1.807) is 0 Å². The monoisotopic (exact) mass is 402 g/mol. The first-order valence-corrected chi connectivity index (χ1v) is 10.1. The van der Waals surface area contributed by atoms with Gasteiger partial charge in [-0.1, -0.05) is 27.2 Å². The van der Waals surface area contributed by atoms with Gasteiger partial charge in [0.05, 0.1) is 10.9 Å². The second-order valence-electron chi connectivity index (χ2n) is 8.77. The molecular formula is C22H26O7. The third-order valence-electron chi connectivity index (χ3n) is 5.48. The third kappa shape index (κ3) is 3.04. The molecule has 0 saturated carbocycles. The van der Waals surface area contributed by atoms with Crippen molar-refractivity contribution in [3.63, 3.8) is 0 Å². The number of ketones is 1. The number of benzene rings is 1. The Morgan fingerprint density at radius 1 is 1.31 bits per heavy atom. The molecule has 1 aromatic carbocycles. The number of Topliss-reactive ketones (excluding diaryl/α,β-unsaturated/α-hetero) is 1. The fourth-order valence-electron chi connectivity index (χ4n) is 4.20. The number of ether oxygens (including phenoxy) is 1. The van der Waals surface area contributed by atoms with E-state index in [2.05, 4.69) is 0 Å². The van der Waals surface area contributed by atoms with Crippen molar-refractivity contribution in [2.75, 3.05) is 0 Å². The van der Waals surface area contributed by atoms with Crippen LogP contribution in [-0.4, -0.2) is 22.6 Å². The van der Waals surface area contributed by atoms with E-state index in [-0.39, 0.29) is 35.0 Å². The zero-order valence-corrected chi connectivity index (χ0v) is 17.3. The van der Waals surface area contributed by atoms with Crippen molar-refractivity contribution < 1.29 is 28.8 Å². The first-order valence-electron chi connectivity index (χ1n) is 10.1. The van der Waals surface area contributed by atoms with E-state index in [9.17, 15) is 14.7 Å². The molecule has 0 amide bonds. The van der Waals surface area contributed by atoms with Gasteiger partial charge in [0.2, 0.25) is 0 Å². The highest BCUT2D eigenvalue weighted by molar-refractivity contribution is 6.11. The molecule has 7 heteroatoms. The molecular weight excluding hydrogens is 376 g/mol. The summed E-state index contributed by atoms with van der Waals surface area (Å²) in [5.74, 6) is -0.0746. The molecule has 0 bridgehead atoms. The molecule has 0 spiro atoms. The van der Waals surface area contributed by atoms with Crippen molar-refractivity contribution in [3.05, 3.63) is 33.2 Å². The summed E-state index contributed by atoms with van der Waals surface area (Å²) in [4.78, 5) is 36.2. The maximum Gasteiger partial charge on any atom is 0.336 e. The summed E-state index contributed by atoms with van der Waals surface area (Å²) < 4.78 is 11.7. The molecule has 2 aliphatic heterocycles. The molecule has 4 rings (SSSR count). The number of rotatable bonds is 5. The Morgan fingerprint density at radius 3 is 2.69 bits per heavy atom. The molecule has 2 aliphatic rings. The first-order chi connectivity index (χ1) is 13.7. The van der Waals surface area contributed by atoms with Crippen LogP contribution in [0.3, 0.4) is 0 Å². The molecule has 29 heavy (non-hydrogen) atoms. The molecule has 3 heterocycles. The van der Waals surface area contributed by atoms with Crippen LogP contribution < -0.4 is 10.4 Å². The number of phenolic OH excluding ortho intramolecular Hbond substituents is 1. The fourth-order valence-corrected chi connectivity index (χ4v) is 4.20. The third-order valence-corrected chi connectivity index (χ3v) is 5.48. The molecule has 0 aliphatic carbocycles. The number of phenols is 1. The molecule has 2 atom stereocenters. The van der Waals surface area contributed by atoms with Gasteiger partial charge in [0.15, 0.2) is 23.6 Å². The fraction of sp³-hybridized carbons (Fsp3) is 0.545. The minimum Gasteiger partial charge on any atom is -0.507 e. The quantitative estimate of drug-likeness (QED) is 0.454. The lowest BCUT2D eigenvalue weighted by Crippen LogP contribution is -2.36. The van der Waals surface area contributed by atoms with Crippen molar-refractivity contribution in [1.29, 1.82) is 0 Å². The molecule has 0 unspecified atom stereocenters. The summed E-state index contributed by atoms with van der Waals surface area (Å²) in [5, 5.41) is 11.7. The molecule has 1 N–H and O–H groups in total. The summed E-state index contributed by atoms with van der Waals surface area (Å²) in [6.07, 6.45) is 0.443. The van der Waals surface area contributed by atoms with E-state index >= 15 is 0 Å². The summed E-state index contributed by atoms with van der Waals surface area (Å²) in [5.41, 5.74) is -0.0947. The molecule has 2 aromatic rings. The van der Waals surface area contributed by atoms with Crippen LogP contribution in [0, 0.1) is 5.92 Å². The van der Waals surface area contributed by atoms with Crippen molar-refractivity contribution in [2.24, 2.45) is 5.92 Å². The van der Waals surface area contributed by atoms with E-state index in [0.717, 1.165) is 12.0 Å². The Balaban J connectivity index is 2.07. The topological polar surface area (TPSA) is 95.2 Å². The number of carbonyl (C=O) groups is 1. The second-order valence-corrected chi connectivity index (χ2v) is 8.77. The predicted molar refractivity (Wildman–Crippen MR) is 105 cm³/mol. The molecule has 7 nitrogen and oxygen atoms in total. The summed E-state index contributed by atoms with van der Waals surface area (Å²) in [6, 6.07) is 1.43. The van der Waals surface area contributed by atoms with Gasteiger partial charge in [-0.15, -0.1) is 0 Å². The highest BCUT2D eigenvalue weighted by atomic mass is 17.2. The minimum atomic E-state index is -0.745. The van der Waals surface area contributed by atoms with Gasteiger partial charge in [-0.2, -0.15) is 0 Å². The van der Waals surface area contributed by atoms with Crippen LogP contribution in [0.1, 0.15) is 75.0 Å². The number of fused-ring (bicyclic) bond motifs is 5. The van der Waals surface area contributed by atoms with E-state index in [1.807, 2.05) is 34.6 Å². The van der Waals surface area contributed by atoms with Gasteiger partial charge in [0.25, 0.3) is 0 Å². The van der Waals surface area contributed by atoms with Gasteiger partial charge in [0.1, 0.15) is 22.7 Å². The average molecular weight is 402 g/mol. The zero-order chi connectivity index (χ0) is 21.1. The van der Waals surface area contributed by atoms with Crippen molar-refractivity contribution in [3.8, 4) is 11.5 Å². The Hall–Kier alpha value is -2.38. The maximum absolute atomic E-state index is 13.1. The minimum absolute atomic E-state index is 0.0139. The largest absolute Gasteiger partial charge is 0.507 e. The number of aromatic hydroxyl groups is 1. The van der Waals surface area contributed by atoms with Crippen LogP contribution in [0.2, 0.25) is 0 Å². The Bertz CT molecular complexity index is 1050. The van der Waals surface area contributed by atoms with Gasteiger partial charge in [-0.3, -0.25) is 4.79 Å². The lowest BCUT2D eigenvalue weighted by atomic mass is 9.89. The van der Waals surface area contributed by atoms with Crippen LogP contribution in [0.4, 0.5) is 0 Å². The summed E-state index contributed by atoms with van der Waals surface area (Å²) in [7, 11) is 0. The Kier molecular flexibility index (Phi) is 4.70. The highest BCUT2D eigenvalue weighted by Gasteiger charge is 2.55. The van der Waals surface area contributed by atoms with Crippen LogP contribution in [0.5, 0.6) is 11.5 Å². The lowest BCUT2D eigenvalue weighted by molar-refractivity contribution is -0.321. The SMILES string of the molecule is CCCc1cc(=O)oc2c(C(=O)CC(C)C)c(O)c3c(c12)O[C@H]1[C@@H]3OOC1(C)C. The van der Waals surface area contributed by atoms with Gasteiger partial charge in [-0.25, -0.2) is 14.6 Å². The molecule has 1 fully saturated rings. The average Bonchev–Trinajstić information content (AvgIpc) is 3.12. The van der Waals surface area contributed by atoms with Crippen molar-refractivity contribution in [2.45, 2.75) is 71.7 Å². The van der Waals surface area contributed by atoms with E-state index in [1.165, 1.54) is 6.07 Å². The smallest absolute Gasteiger partial charge is 0.336 e. The van der Waals surface area contributed by atoms with Crippen LogP contribution in [-0.2, 0) is 16.2 Å². The number of aryl methyl sites for hydroxylation is 1. The highest BCUT2D eigenvalue weighted by Crippen LogP contribution is 2.56. The molecule has 1 aromatic heterocycles. The Morgan fingerprint density at radius 2 is 2.03 bits per heavy atom. The predicted octanol–water partition coefficient (Wildman–Crippen LogP) is 4.22. The van der Waals surface area contributed by atoms with Crippen molar-refractivity contribution >= 4 is 16.8 Å². The zero-order valence-electron chi connectivity index (χ0n) is 17.3. The van der Waals surface area contributed by atoms with Crippen LogP contribution in [0.15, 0.2) is 15.3 Å². The number of carbonyl (C=O) groups excluding carboxylic acids is 1. The second kappa shape index (κ2) is 6.85. The Labute approximate surface area is 168 Å². The van der Waals surface area contributed by atoms with Gasteiger partial charge < -0.3 is 14.3 Å². The summed E-state index contributed by atoms with van der Waals surface area (Å²) in [6.45, 7) is 9.50. The number of hydrogen-bond acceptors (Lipinski definition) is 7. The molecule has 1 saturated heterocycles. The lowest BCUT2D eigenvalue weighted by Gasteiger charge is -2.21. The van der Waals surface area contributed by atoms with Crippen LogP contribution in [0.25, 0.3) is 11.0 Å². The first kappa shape index (κ1) is 19.9. The molecule has 0 radical (unpaired) electrons. The van der Waals surface area contributed by atoms with Gasteiger partial charge in [-0.05, 0) is 31.7 Å². The van der Waals surface area contributed by atoms with E-state index < -0.39 is 23.4 Å².